The number of amides is 2. The van der Waals surface area contributed by atoms with Crippen LogP contribution in [0.25, 0.3) is 11.3 Å². The van der Waals surface area contributed by atoms with Crippen molar-refractivity contribution < 1.29 is 18.8 Å². The number of carbonyl (C=O) groups excluding carboxylic acids is 2. The molecule has 7 nitrogen and oxygen atoms in total. The third kappa shape index (κ3) is 4.37. The number of ether oxygens (including phenoxy) is 1. The van der Waals surface area contributed by atoms with Crippen molar-refractivity contribution in [1.82, 2.24) is 5.16 Å². The minimum absolute atomic E-state index is 0.0960. The lowest BCUT2D eigenvalue weighted by molar-refractivity contribution is 0.0988. The van der Waals surface area contributed by atoms with E-state index in [1.165, 1.54) is 0 Å². The quantitative estimate of drug-likeness (QED) is 0.665. The van der Waals surface area contributed by atoms with E-state index in [0.29, 0.717) is 22.6 Å². The fourth-order valence-corrected chi connectivity index (χ4v) is 2.61. The summed E-state index contributed by atoms with van der Waals surface area (Å²) in [7, 11) is 0. The molecule has 0 spiro atoms. The summed E-state index contributed by atoms with van der Waals surface area (Å²) in [5.74, 6) is -0.332. The van der Waals surface area contributed by atoms with Gasteiger partial charge in [0.1, 0.15) is 5.69 Å². The zero-order valence-corrected chi connectivity index (χ0v) is 15.9. The zero-order chi connectivity index (χ0) is 20.1. The predicted octanol–water partition coefficient (Wildman–Crippen LogP) is 4.78. The number of hydrogen-bond donors (Lipinski definition) is 2. The molecule has 3 rings (SSSR count). The Hall–Kier alpha value is -3.61. The van der Waals surface area contributed by atoms with Gasteiger partial charge in [-0.15, -0.1) is 0 Å². The van der Waals surface area contributed by atoms with Gasteiger partial charge in [0.05, 0.1) is 6.61 Å². The molecule has 0 aliphatic rings. The molecule has 0 saturated carbocycles. The van der Waals surface area contributed by atoms with Crippen molar-refractivity contribution in [2.75, 3.05) is 17.2 Å². The molecule has 0 atom stereocenters. The lowest BCUT2D eigenvalue weighted by atomic mass is 10.1. The number of aryl methyl sites for hydroxylation is 1. The van der Waals surface area contributed by atoms with E-state index in [0.717, 1.165) is 11.1 Å². The van der Waals surface area contributed by atoms with Crippen LogP contribution in [0.3, 0.4) is 0 Å². The number of benzene rings is 2. The first-order chi connectivity index (χ1) is 13.5. The summed E-state index contributed by atoms with van der Waals surface area (Å²) in [4.78, 5) is 24.2. The smallest absolute Gasteiger partial charge is 0.411 e. The van der Waals surface area contributed by atoms with Crippen LogP contribution < -0.4 is 10.6 Å². The molecule has 0 unspecified atom stereocenters. The first-order valence-electron chi connectivity index (χ1n) is 8.86. The molecule has 0 aliphatic carbocycles. The van der Waals surface area contributed by atoms with Crippen LogP contribution >= 0.6 is 0 Å². The number of carbonyl (C=O) groups is 2. The van der Waals surface area contributed by atoms with Crippen LogP contribution in [0, 0.1) is 13.8 Å². The highest BCUT2D eigenvalue weighted by Gasteiger charge is 2.16. The van der Waals surface area contributed by atoms with E-state index in [1.807, 2.05) is 31.2 Å². The summed E-state index contributed by atoms with van der Waals surface area (Å²) in [5, 5.41) is 9.40. The summed E-state index contributed by atoms with van der Waals surface area (Å²) in [6, 6.07) is 14.6. The summed E-state index contributed by atoms with van der Waals surface area (Å²) in [6.07, 6.45) is -0.549. The Morgan fingerprint density at radius 3 is 2.39 bits per heavy atom. The Labute approximate surface area is 162 Å². The minimum Gasteiger partial charge on any atom is -0.450 e. The van der Waals surface area contributed by atoms with E-state index in [2.05, 4.69) is 15.8 Å². The normalized spacial score (nSPS) is 10.4. The lowest BCUT2D eigenvalue weighted by Crippen LogP contribution is -2.16. The van der Waals surface area contributed by atoms with Crippen LogP contribution in [0.4, 0.5) is 16.2 Å². The molecule has 0 radical (unpaired) electrons. The van der Waals surface area contributed by atoms with Crippen molar-refractivity contribution in [2.24, 2.45) is 0 Å². The molecule has 2 amide bonds. The molecule has 7 heteroatoms. The van der Waals surface area contributed by atoms with Crippen LogP contribution in [0.1, 0.15) is 28.6 Å². The molecule has 1 heterocycles. The minimum atomic E-state index is -0.549. The number of aromatic nitrogens is 1. The van der Waals surface area contributed by atoms with Gasteiger partial charge in [0.25, 0.3) is 5.91 Å². The third-order valence-electron chi connectivity index (χ3n) is 4.18. The number of nitrogens with zero attached hydrogens (tertiary/aromatic N) is 1. The highest BCUT2D eigenvalue weighted by Crippen LogP contribution is 2.25. The van der Waals surface area contributed by atoms with Crippen LogP contribution in [0.15, 0.2) is 53.1 Å². The van der Waals surface area contributed by atoms with Crippen molar-refractivity contribution in [3.8, 4) is 11.3 Å². The molecular weight excluding hydrogens is 358 g/mol. The van der Waals surface area contributed by atoms with Crippen LogP contribution in [-0.4, -0.2) is 23.8 Å². The van der Waals surface area contributed by atoms with Gasteiger partial charge in [-0.3, -0.25) is 10.1 Å². The van der Waals surface area contributed by atoms with Crippen molar-refractivity contribution in [3.05, 3.63) is 65.4 Å². The first kappa shape index (κ1) is 19.2. The van der Waals surface area contributed by atoms with Gasteiger partial charge in [0, 0.05) is 23.0 Å². The van der Waals surface area contributed by atoms with Gasteiger partial charge in [-0.25, -0.2) is 4.79 Å². The molecule has 144 valence electrons. The monoisotopic (exact) mass is 379 g/mol. The van der Waals surface area contributed by atoms with E-state index in [-0.39, 0.29) is 12.4 Å². The average Bonchev–Trinajstić information content (AvgIpc) is 3.16. The molecule has 2 N–H and O–H groups in total. The Morgan fingerprint density at radius 1 is 1.04 bits per heavy atom. The van der Waals surface area contributed by atoms with E-state index in [1.54, 1.807) is 38.1 Å². The average molecular weight is 379 g/mol. The third-order valence-corrected chi connectivity index (χ3v) is 4.18. The van der Waals surface area contributed by atoms with Gasteiger partial charge in [-0.05, 0) is 38.5 Å². The van der Waals surface area contributed by atoms with Gasteiger partial charge in [0.15, 0.2) is 0 Å². The van der Waals surface area contributed by atoms with Crippen molar-refractivity contribution in [1.29, 1.82) is 0 Å². The number of nitrogens with one attached hydrogen (secondary N) is 2. The topological polar surface area (TPSA) is 93.5 Å². The predicted molar refractivity (Wildman–Crippen MR) is 106 cm³/mol. The number of hydrogen-bond acceptors (Lipinski definition) is 5. The Kier molecular flexibility index (Phi) is 5.74. The van der Waals surface area contributed by atoms with E-state index in [9.17, 15) is 9.59 Å². The second-order valence-corrected chi connectivity index (χ2v) is 6.22. The number of anilines is 2. The molecule has 0 aliphatic heterocycles. The summed E-state index contributed by atoms with van der Waals surface area (Å²) < 4.78 is 10.1. The largest absolute Gasteiger partial charge is 0.450 e. The zero-order valence-electron chi connectivity index (χ0n) is 15.9. The van der Waals surface area contributed by atoms with Gasteiger partial charge >= 0.3 is 6.09 Å². The fourth-order valence-electron chi connectivity index (χ4n) is 2.61. The van der Waals surface area contributed by atoms with E-state index < -0.39 is 12.0 Å². The molecule has 0 fully saturated rings. The van der Waals surface area contributed by atoms with Crippen LogP contribution in [-0.2, 0) is 4.74 Å². The summed E-state index contributed by atoms with van der Waals surface area (Å²) >= 11 is 0. The molecular formula is C21H21N3O4. The Morgan fingerprint density at radius 2 is 1.71 bits per heavy atom. The molecule has 1 aromatic heterocycles. The first-order valence-corrected chi connectivity index (χ1v) is 8.86. The second-order valence-electron chi connectivity index (χ2n) is 6.22. The Balaban J connectivity index is 1.75. The molecule has 0 saturated heterocycles. The molecule has 28 heavy (non-hydrogen) atoms. The number of rotatable bonds is 5. The van der Waals surface area contributed by atoms with Gasteiger partial charge in [-0.1, -0.05) is 41.1 Å². The van der Waals surface area contributed by atoms with E-state index in [4.69, 9.17) is 9.26 Å². The highest BCUT2D eigenvalue weighted by atomic mass is 16.5. The maximum atomic E-state index is 12.5. The van der Waals surface area contributed by atoms with Crippen molar-refractivity contribution in [2.45, 2.75) is 20.8 Å². The lowest BCUT2D eigenvalue weighted by Gasteiger charge is -2.12. The SMILES string of the molecule is CCOC(=O)Nc1cccc(NC(=O)c2cc(-c3ccc(C)cc3)no2)c1C. The highest BCUT2D eigenvalue weighted by molar-refractivity contribution is 6.03. The van der Waals surface area contributed by atoms with E-state index >= 15 is 0 Å². The van der Waals surface area contributed by atoms with Gasteiger partial charge < -0.3 is 14.6 Å². The van der Waals surface area contributed by atoms with Gasteiger partial charge in [0.2, 0.25) is 5.76 Å². The van der Waals surface area contributed by atoms with Crippen molar-refractivity contribution in [3.63, 3.8) is 0 Å². The maximum absolute atomic E-state index is 12.5. The summed E-state index contributed by atoms with van der Waals surface area (Å²) in [6.45, 7) is 5.79. The molecule has 3 aromatic rings. The fraction of sp³-hybridized carbons (Fsp3) is 0.190. The molecule has 0 bridgehead atoms. The standard InChI is InChI=1S/C21H21N3O4/c1-4-27-21(26)23-17-7-5-6-16(14(17)3)22-20(25)19-12-18(24-28-19)15-10-8-13(2)9-11-15/h5-12H,4H2,1-3H3,(H,22,25)(H,23,26). The van der Waals surface area contributed by atoms with Crippen LogP contribution in [0.2, 0.25) is 0 Å². The van der Waals surface area contributed by atoms with Crippen LogP contribution in [0.5, 0.6) is 0 Å². The molecule has 2 aromatic carbocycles. The maximum Gasteiger partial charge on any atom is 0.411 e. The Bertz CT molecular complexity index is 993. The summed E-state index contributed by atoms with van der Waals surface area (Å²) in [5.41, 5.74) is 4.38. The second kappa shape index (κ2) is 8.39. The van der Waals surface area contributed by atoms with Gasteiger partial charge in [-0.2, -0.15) is 0 Å². The van der Waals surface area contributed by atoms with Crippen molar-refractivity contribution >= 4 is 23.4 Å².